The maximum absolute atomic E-state index is 12.1. The monoisotopic (exact) mass is 453 g/mol. The van der Waals surface area contributed by atoms with Gasteiger partial charge >= 0.3 is 0 Å². The first-order valence-electron chi connectivity index (χ1n) is 10.2. The molecule has 0 saturated carbocycles. The van der Waals surface area contributed by atoms with E-state index in [1.807, 2.05) is 43.3 Å². The highest BCUT2D eigenvalue weighted by Gasteiger charge is 2.26. The standard InChI is InChI=1S/C26H32BrNO/c1-19(11-16-24-21(3)10-7-17-26(24,4)5)8-6-9-20(2)18-25(29)28-23-14-12-22(27)13-15-23/h6,8-9,11-16,18H,7,10,17H2,1-5H3,(H,28,29)/b9-6+,16-11+,19-8+,20-18+. The molecule has 0 atom stereocenters. The molecule has 1 N–H and O–H groups in total. The minimum atomic E-state index is -0.128. The topological polar surface area (TPSA) is 29.1 Å². The number of carbonyl (C=O) groups is 1. The first-order chi connectivity index (χ1) is 13.7. The molecule has 2 rings (SSSR count). The van der Waals surface area contributed by atoms with E-state index in [1.165, 1.54) is 36.0 Å². The Morgan fingerprint density at radius 2 is 1.79 bits per heavy atom. The van der Waals surface area contributed by atoms with Gasteiger partial charge in [-0.3, -0.25) is 4.79 Å². The molecule has 29 heavy (non-hydrogen) atoms. The Labute approximate surface area is 184 Å². The Morgan fingerprint density at radius 1 is 1.10 bits per heavy atom. The number of hydrogen-bond acceptors (Lipinski definition) is 1. The lowest BCUT2D eigenvalue weighted by Gasteiger charge is -2.32. The van der Waals surface area contributed by atoms with Gasteiger partial charge in [-0.05, 0) is 80.9 Å². The van der Waals surface area contributed by atoms with Crippen LogP contribution in [-0.2, 0) is 4.79 Å². The van der Waals surface area contributed by atoms with Gasteiger partial charge in [0, 0.05) is 16.2 Å². The second kappa shape index (κ2) is 10.6. The van der Waals surface area contributed by atoms with Gasteiger partial charge in [-0.1, -0.05) is 71.3 Å². The van der Waals surface area contributed by atoms with Gasteiger partial charge in [0.05, 0.1) is 0 Å². The van der Waals surface area contributed by atoms with Gasteiger partial charge < -0.3 is 5.32 Å². The summed E-state index contributed by atoms with van der Waals surface area (Å²) in [5.41, 5.74) is 6.12. The van der Waals surface area contributed by atoms with Gasteiger partial charge in [0.25, 0.3) is 0 Å². The van der Waals surface area contributed by atoms with Crippen LogP contribution in [0.5, 0.6) is 0 Å². The molecule has 154 valence electrons. The molecule has 0 radical (unpaired) electrons. The number of allylic oxidation sites excluding steroid dienone is 9. The smallest absolute Gasteiger partial charge is 0.248 e. The number of anilines is 1. The van der Waals surface area contributed by atoms with Crippen LogP contribution in [-0.4, -0.2) is 5.91 Å². The molecule has 0 saturated heterocycles. The van der Waals surface area contributed by atoms with Crippen molar-refractivity contribution in [3.05, 3.63) is 87.5 Å². The summed E-state index contributed by atoms with van der Waals surface area (Å²) in [5, 5.41) is 2.87. The lowest BCUT2D eigenvalue weighted by atomic mass is 9.72. The SMILES string of the molecule is CC1=C(/C=C/C(C)=C/C=C/C(C)=C/C(=O)Nc2ccc(Br)cc2)C(C)(C)CCC1. The zero-order valence-electron chi connectivity index (χ0n) is 18.2. The van der Waals surface area contributed by atoms with E-state index in [1.54, 1.807) is 6.08 Å². The predicted molar refractivity (Wildman–Crippen MR) is 129 cm³/mol. The van der Waals surface area contributed by atoms with Crippen LogP contribution in [0.3, 0.4) is 0 Å². The van der Waals surface area contributed by atoms with Crippen molar-refractivity contribution >= 4 is 27.5 Å². The third-order valence-electron chi connectivity index (χ3n) is 5.24. The molecular formula is C26H32BrNO. The van der Waals surface area contributed by atoms with E-state index in [9.17, 15) is 4.79 Å². The summed E-state index contributed by atoms with van der Waals surface area (Å²) < 4.78 is 0.986. The van der Waals surface area contributed by atoms with Crippen LogP contribution in [0.25, 0.3) is 0 Å². The molecule has 1 amide bonds. The summed E-state index contributed by atoms with van der Waals surface area (Å²) in [4.78, 5) is 12.1. The Bertz CT molecular complexity index is 880. The van der Waals surface area contributed by atoms with Gasteiger partial charge in [-0.2, -0.15) is 0 Å². The molecule has 0 fully saturated rings. The van der Waals surface area contributed by atoms with Crippen molar-refractivity contribution in [2.24, 2.45) is 5.41 Å². The molecule has 1 aromatic rings. The first-order valence-corrected chi connectivity index (χ1v) is 10.9. The number of benzene rings is 1. The lowest BCUT2D eigenvalue weighted by Crippen LogP contribution is -2.19. The van der Waals surface area contributed by atoms with Crippen molar-refractivity contribution in [2.75, 3.05) is 5.32 Å². The maximum atomic E-state index is 12.1. The van der Waals surface area contributed by atoms with Crippen LogP contribution >= 0.6 is 15.9 Å². The molecule has 0 unspecified atom stereocenters. The van der Waals surface area contributed by atoms with Crippen LogP contribution < -0.4 is 5.32 Å². The highest BCUT2D eigenvalue weighted by atomic mass is 79.9. The molecule has 0 aromatic heterocycles. The summed E-state index contributed by atoms with van der Waals surface area (Å²) in [6.45, 7) is 11.0. The van der Waals surface area contributed by atoms with E-state index < -0.39 is 0 Å². The molecule has 2 nitrogen and oxygen atoms in total. The molecule has 0 spiro atoms. The van der Waals surface area contributed by atoms with E-state index in [-0.39, 0.29) is 11.3 Å². The first kappa shape index (κ1) is 23.2. The zero-order valence-corrected chi connectivity index (χ0v) is 19.8. The van der Waals surface area contributed by atoms with E-state index in [0.29, 0.717) is 0 Å². The fraction of sp³-hybridized carbons (Fsp3) is 0.346. The van der Waals surface area contributed by atoms with Crippen LogP contribution in [0.2, 0.25) is 0 Å². The number of carbonyl (C=O) groups excluding carboxylic acids is 1. The van der Waals surface area contributed by atoms with Crippen molar-refractivity contribution in [3.63, 3.8) is 0 Å². The van der Waals surface area contributed by atoms with Crippen LogP contribution in [0.15, 0.2) is 87.5 Å². The Morgan fingerprint density at radius 3 is 2.45 bits per heavy atom. The zero-order chi connectivity index (χ0) is 21.4. The number of rotatable bonds is 6. The highest BCUT2D eigenvalue weighted by molar-refractivity contribution is 9.10. The Hall–Kier alpha value is -2.13. The van der Waals surface area contributed by atoms with Gasteiger partial charge in [-0.25, -0.2) is 0 Å². The molecule has 1 aliphatic carbocycles. The average molecular weight is 454 g/mol. The van der Waals surface area contributed by atoms with Crippen molar-refractivity contribution < 1.29 is 4.79 Å². The summed E-state index contributed by atoms with van der Waals surface area (Å²) >= 11 is 3.39. The Balaban J connectivity index is 1.95. The van der Waals surface area contributed by atoms with Crippen LogP contribution in [0.1, 0.15) is 53.9 Å². The van der Waals surface area contributed by atoms with Crippen molar-refractivity contribution in [1.82, 2.24) is 0 Å². The quantitative estimate of drug-likeness (QED) is 0.343. The summed E-state index contributed by atoms with van der Waals surface area (Å²) in [5.74, 6) is -0.128. The van der Waals surface area contributed by atoms with Crippen LogP contribution in [0.4, 0.5) is 5.69 Å². The van der Waals surface area contributed by atoms with Gasteiger partial charge in [-0.15, -0.1) is 0 Å². The number of nitrogens with one attached hydrogen (secondary N) is 1. The van der Waals surface area contributed by atoms with E-state index in [2.05, 4.69) is 67.2 Å². The molecule has 1 aliphatic rings. The normalized spacial score (nSPS) is 18.0. The number of halogens is 1. The second-order valence-electron chi connectivity index (χ2n) is 8.42. The van der Waals surface area contributed by atoms with E-state index in [0.717, 1.165) is 15.7 Å². The lowest BCUT2D eigenvalue weighted by molar-refractivity contribution is -0.111. The maximum Gasteiger partial charge on any atom is 0.248 e. The van der Waals surface area contributed by atoms with Crippen molar-refractivity contribution in [2.45, 2.75) is 53.9 Å². The molecule has 0 aliphatic heterocycles. The highest BCUT2D eigenvalue weighted by Crippen LogP contribution is 2.40. The molecule has 0 heterocycles. The van der Waals surface area contributed by atoms with Gasteiger partial charge in [0.1, 0.15) is 0 Å². The average Bonchev–Trinajstić information content (AvgIpc) is 2.62. The number of hydrogen-bond donors (Lipinski definition) is 1. The summed E-state index contributed by atoms with van der Waals surface area (Å²) in [6.07, 6.45) is 15.8. The minimum absolute atomic E-state index is 0.128. The third-order valence-corrected chi connectivity index (χ3v) is 5.77. The fourth-order valence-electron chi connectivity index (χ4n) is 3.60. The van der Waals surface area contributed by atoms with Gasteiger partial charge in [0.15, 0.2) is 0 Å². The predicted octanol–water partition coefficient (Wildman–Crippen LogP) is 7.92. The molecule has 0 bridgehead atoms. The molecule has 3 heteroatoms. The van der Waals surface area contributed by atoms with Gasteiger partial charge in [0.2, 0.25) is 5.91 Å². The second-order valence-corrected chi connectivity index (χ2v) is 9.33. The molecule has 1 aromatic carbocycles. The van der Waals surface area contributed by atoms with Crippen molar-refractivity contribution in [3.8, 4) is 0 Å². The largest absolute Gasteiger partial charge is 0.323 e. The van der Waals surface area contributed by atoms with Crippen LogP contribution in [0, 0.1) is 5.41 Å². The minimum Gasteiger partial charge on any atom is -0.323 e. The van der Waals surface area contributed by atoms with E-state index in [4.69, 9.17) is 0 Å². The van der Waals surface area contributed by atoms with E-state index >= 15 is 0 Å². The summed E-state index contributed by atoms with van der Waals surface area (Å²) in [6, 6.07) is 7.53. The Kier molecular flexibility index (Phi) is 8.45. The van der Waals surface area contributed by atoms with Crippen molar-refractivity contribution in [1.29, 1.82) is 0 Å². The summed E-state index contributed by atoms with van der Waals surface area (Å²) in [7, 11) is 0. The fourth-order valence-corrected chi connectivity index (χ4v) is 3.86. The number of amides is 1. The third kappa shape index (κ3) is 7.66. The molecular weight excluding hydrogens is 422 g/mol.